The molecule has 0 unspecified atom stereocenters. The van der Waals surface area contributed by atoms with E-state index in [0.717, 1.165) is 18.2 Å². The quantitative estimate of drug-likeness (QED) is 0.626. The smallest absolute Gasteiger partial charge is 0.196 e. The number of alkyl halides is 1. The highest BCUT2D eigenvalue weighted by molar-refractivity contribution is 7.14. The van der Waals surface area contributed by atoms with Crippen LogP contribution in [0.25, 0.3) is 0 Å². The van der Waals surface area contributed by atoms with Crippen molar-refractivity contribution in [3.05, 3.63) is 11.1 Å². The number of ketones is 1. The Morgan fingerprint density at radius 1 is 1.71 bits per heavy atom. The van der Waals surface area contributed by atoms with Crippen LogP contribution in [0, 0.1) is 0 Å². The van der Waals surface area contributed by atoms with Crippen LogP contribution >= 0.6 is 22.9 Å². The molecule has 17 heavy (non-hydrogen) atoms. The van der Waals surface area contributed by atoms with Crippen LogP contribution in [0.15, 0.2) is 5.38 Å². The van der Waals surface area contributed by atoms with Crippen molar-refractivity contribution >= 4 is 33.9 Å². The minimum atomic E-state index is -0.166. The minimum Gasteiger partial charge on any atom is -0.372 e. The molecule has 2 heterocycles. The Labute approximate surface area is 110 Å². The molecule has 0 atom stereocenters. The van der Waals surface area contributed by atoms with Gasteiger partial charge in [-0.15, -0.1) is 22.9 Å². The monoisotopic (exact) mass is 274 g/mol. The molecule has 1 aromatic heterocycles. The number of aromatic nitrogens is 1. The summed E-state index contributed by atoms with van der Waals surface area (Å²) in [7, 11) is 0. The molecule has 0 bridgehead atoms. The number of hydrogen-bond donors (Lipinski definition) is 0. The number of nitrogens with zero attached hydrogens (tertiary/aromatic N) is 2. The van der Waals surface area contributed by atoms with Crippen LogP contribution in [0.2, 0.25) is 0 Å². The van der Waals surface area contributed by atoms with Crippen molar-refractivity contribution in [2.45, 2.75) is 19.4 Å². The molecule has 94 valence electrons. The first-order valence-corrected chi connectivity index (χ1v) is 6.87. The van der Waals surface area contributed by atoms with Gasteiger partial charge in [-0.3, -0.25) is 4.79 Å². The maximum absolute atomic E-state index is 11.4. The molecule has 1 aromatic rings. The largest absolute Gasteiger partial charge is 0.372 e. The third-order valence-electron chi connectivity index (χ3n) is 2.60. The Balaban J connectivity index is 2.12. The summed E-state index contributed by atoms with van der Waals surface area (Å²) in [5.41, 5.74) is 0.296. The van der Waals surface area contributed by atoms with Gasteiger partial charge in [0.2, 0.25) is 0 Å². The molecule has 6 heteroatoms. The van der Waals surface area contributed by atoms with Gasteiger partial charge in [-0.25, -0.2) is 4.98 Å². The van der Waals surface area contributed by atoms with Crippen molar-refractivity contribution < 1.29 is 9.53 Å². The summed E-state index contributed by atoms with van der Waals surface area (Å²) >= 11 is 6.99. The van der Waals surface area contributed by atoms with E-state index in [9.17, 15) is 4.79 Å². The van der Waals surface area contributed by atoms with E-state index < -0.39 is 0 Å². The highest BCUT2D eigenvalue weighted by Crippen LogP contribution is 2.26. The van der Waals surface area contributed by atoms with Gasteiger partial charge >= 0.3 is 0 Å². The summed E-state index contributed by atoms with van der Waals surface area (Å²) in [6, 6.07) is 0. The molecule has 1 saturated heterocycles. The average Bonchev–Trinajstić information content (AvgIpc) is 2.76. The first-order chi connectivity index (χ1) is 8.02. The number of ether oxygens (including phenoxy) is 1. The summed E-state index contributed by atoms with van der Waals surface area (Å²) < 4.78 is 5.64. The summed E-state index contributed by atoms with van der Waals surface area (Å²) in [5.74, 6) is -0.140. The Kier molecular flexibility index (Phi) is 3.70. The summed E-state index contributed by atoms with van der Waals surface area (Å²) in [6.07, 6.45) is 0. The zero-order chi connectivity index (χ0) is 12.5. The molecule has 1 fully saturated rings. The predicted octanol–water partition coefficient (Wildman–Crippen LogP) is 2.18. The molecule has 0 amide bonds. The lowest BCUT2D eigenvalue weighted by atomic mass is 10.1. The molecule has 0 aromatic carbocycles. The summed E-state index contributed by atoms with van der Waals surface area (Å²) in [5, 5.41) is 2.64. The molecule has 1 aliphatic rings. The third-order valence-corrected chi connectivity index (χ3v) is 3.74. The highest BCUT2D eigenvalue weighted by Gasteiger charge is 2.28. The van der Waals surface area contributed by atoms with Crippen LogP contribution in [0.4, 0.5) is 5.13 Å². The average molecular weight is 275 g/mol. The van der Waals surface area contributed by atoms with Crippen molar-refractivity contribution in [2.24, 2.45) is 0 Å². The molecule has 0 spiro atoms. The second-order valence-electron chi connectivity index (χ2n) is 4.60. The lowest BCUT2D eigenvalue weighted by molar-refractivity contribution is -0.0277. The Bertz CT molecular complexity index is 419. The molecule has 0 radical (unpaired) electrons. The van der Waals surface area contributed by atoms with E-state index in [2.05, 4.69) is 23.7 Å². The number of anilines is 1. The molecule has 1 aliphatic heterocycles. The molecule has 4 nitrogen and oxygen atoms in total. The lowest BCUT2D eigenvalue weighted by Crippen LogP contribution is -2.48. The van der Waals surface area contributed by atoms with Crippen molar-refractivity contribution in [2.75, 3.05) is 30.5 Å². The maximum Gasteiger partial charge on any atom is 0.196 e. The van der Waals surface area contributed by atoms with Gasteiger partial charge in [-0.05, 0) is 13.8 Å². The van der Waals surface area contributed by atoms with Crippen molar-refractivity contribution in [1.29, 1.82) is 0 Å². The van der Waals surface area contributed by atoms with Gasteiger partial charge in [0, 0.05) is 18.5 Å². The van der Waals surface area contributed by atoms with E-state index in [-0.39, 0.29) is 17.3 Å². The number of halogens is 1. The van der Waals surface area contributed by atoms with Gasteiger partial charge in [-0.1, -0.05) is 0 Å². The standard InChI is InChI=1S/C11H15ClN2O2S/c1-11(2)7-14(3-4-16-11)10-13-8(6-17-10)9(15)5-12/h6H,3-5,7H2,1-2H3. The lowest BCUT2D eigenvalue weighted by Gasteiger charge is -2.37. The van der Waals surface area contributed by atoms with Crippen LogP contribution < -0.4 is 4.90 Å². The minimum absolute atomic E-state index is 0.0161. The zero-order valence-electron chi connectivity index (χ0n) is 9.90. The number of carbonyl (C=O) groups is 1. The Hall–Kier alpha value is -0.650. The number of hydrogen-bond acceptors (Lipinski definition) is 5. The van der Waals surface area contributed by atoms with E-state index in [1.54, 1.807) is 5.38 Å². The number of thiazole rings is 1. The normalized spacial score (nSPS) is 19.4. The Morgan fingerprint density at radius 3 is 3.12 bits per heavy atom. The van der Waals surface area contributed by atoms with Crippen LogP contribution in [0.3, 0.4) is 0 Å². The van der Waals surface area contributed by atoms with Gasteiger partial charge in [0.15, 0.2) is 10.9 Å². The molecule has 0 saturated carbocycles. The summed E-state index contributed by atoms with van der Waals surface area (Å²) in [6.45, 7) is 6.39. The zero-order valence-corrected chi connectivity index (χ0v) is 11.5. The van der Waals surface area contributed by atoms with Gasteiger partial charge in [0.1, 0.15) is 5.69 Å². The second-order valence-corrected chi connectivity index (χ2v) is 5.71. The molecular weight excluding hydrogens is 260 g/mol. The summed E-state index contributed by atoms with van der Waals surface area (Å²) in [4.78, 5) is 17.9. The van der Waals surface area contributed by atoms with E-state index >= 15 is 0 Å². The molecule has 0 N–H and O–H groups in total. The fourth-order valence-corrected chi connectivity index (χ4v) is 2.78. The van der Waals surface area contributed by atoms with Crippen LogP contribution in [-0.4, -0.2) is 41.9 Å². The van der Waals surface area contributed by atoms with Gasteiger partial charge < -0.3 is 9.64 Å². The van der Waals surface area contributed by atoms with Crippen molar-refractivity contribution in [1.82, 2.24) is 4.98 Å². The van der Waals surface area contributed by atoms with E-state index in [1.807, 2.05) is 0 Å². The topological polar surface area (TPSA) is 42.4 Å². The van der Waals surface area contributed by atoms with Gasteiger partial charge in [0.05, 0.1) is 18.1 Å². The van der Waals surface area contributed by atoms with Gasteiger partial charge in [-0.2, -0.15) is 0 Å². The van der Waals surface area contributed by atoms with Crippen molar-refractivity contribution in [3.8, 4) is 0 Å². The fourth-order valence-electron chi connectivity index (χ4n) is 1.79. The second kappa shape index (κ2) is 4.92. The highest BCUT2D eigenvalue weighted by atomic mass is 35.5. The van der Waals surface area contributed by atoms with Gasteiger partial charge in [0.25, 0.3) is 0 Å². The first kappa shape index (κ1) is 12.8. The molecular formula is C11H15ClN2O2S. The maximum atomic E-state index is 11.4. The number of rotatable bonds is 3. The Morgan fingerprint density at radius 2 is 2.47 bits per heavy atom. The first-order valence-electron chi connectivity index (χ1n) is 5.45. The third kappa shape index (κ3) is 2.97. The molecule has 0 aliphatic carbocycles. The van der Waals surface area contributed by atoms with Crippen LogP contribution in [0.5, 0.6) is 0 Å². The number of Topliss-reactive ketones (excluding diaryl/α,β-unsaturated/α-hetero) is 1. The van der Waals surface area contributed by atoms with Crippen LogP contribution in [-0.2, 0) is 4.74 Å². The fraction of sp³-hybridized carbons (Fsp3) is 0.636. The van der Waals surface area contributed by atoms with Crippen molar-refractivity contribution in [3.63, 3.8) is 0 Å². The van der Waals surface area contributed by atoms with E-state index in [4.69, 9.17) is 16.3 Å². The number of carbonyl (C=O) groups excluding carboxylic acids is 1. The van der Waals surface area contributed by atoms with E-state index in [0.29, 0.717) is 12.3 Å². The predicted molar refractivity (Wildman–Crippen MR) is 69.4 cm³/mol. The van der Waals surface area contributed by atoms with E-state index in [1.165, 1.54) is 11.3 Å². The number of morpholine rings is 1. The van der Waals surface area contributed by atoms with Crippen LogP contribution in [0.1, 0.15) is 24.3 Å². The molecule has 2 rings (SSSR count). The SMILES string of the molecule is CC1(C)CN(c2nc(C(=O)CCl)cs2)CCO1.